The van der Waals surface area contributed by atoms with E-state index < -0.39 is 12.2 Å². The van der Waals surface area contributed by atoms with Gasteiger partial charge in [-0.05, 0) is 39.5 Å². The molecule has 172 valence electrons. The quantitative estimate of drug-likeness (QED) is 0.223. The van der Waals surface area contributed by atoms with E-state index in [9.17, 15) is 19.8 Å². The lowest BCUT2D eigenvalue weighted by molar-refractivity contribution is -0.147. The second-order valence-corrected chi connectivity index (χ2v) is 8.72. The van der Waals surface area contributed by atoms with Gasteiger partial charge in [-0.3, -0.25) is 9.59 Å². The van der Waals surface area contributed by atoms with E-state index in [1.54, 1.807) is 12.2 Å². The first kappa shape index (κ1) is 26.6. The zero-order valence-electron chi connectivity index (χ0n) is 19.1. The van der Waals surface area contributed by atoms with Gasteiger partial charge in [0.15, 0.2) is 0 Å². The predicted octanol–water partition coefficient (Wildman–Crippen LogP) is 4.90. The molecule has 0 aromatic rings. The van der Waals surface area contributed by atoms with Crippen molar-refractivity contribution < 1.29 is 24.5 Å². The maximum atomic E-state index is 12.3. The average Bonchev–Trinajstić information content (AvgIpc) is 2.94. The van der Waals surface area contributed by atoms with Gasteiger partial charge in [0.1, 0.15) is 5.78 Å². The summed E-state index contributed by atoms with van der Waals surface area (Å²) in [7, 11) is 0. The highest BCUT2D eigenvalue weighted by atomic mass is 16.5. The van der Waals surface area contributed by atoms with Gasteiger partial charge in [-0.25, -0.2) is 0 Å². The molecule has 0 radical (unpaired) electrons. The molecule has 1 aliphatic rings. The maximum absolute atomic E-state index is 12.3. The van der Waals surface area contributed by atoms with Crippen molar-refractivity contribution in [3.05, 3.63) is 24.3 Å². The number of esters is 1. The predicted molar refractivity (Wildman–Crippen MR) is 120 cm³/mol. The van der Waals surface area contributed by atoms with Crippen molar-refractivity contribution in [3.8, 4) is 0 Å². The Morgan fingerprint density at radius 1 is 1.17 bits per heavy atom. The van der Waals surface area contributed by atoms with Crippen LogP contribution in [-0.2, 0) is 14.3 Å². The van der Waals surface area contributed by atoms with Crippen LogP contribution in [0.3, 0.4) is 0 Å². The van der Waals surface area contributed by atoms with Crippen molar-refractivity contribution in [2.75, 3.05) is 0 Å². The van der Waals surface area contributed by atoms with Crippen molar-refractivity contribution in [3.63, 3.8) is 0 Å². The van der Waals surface area contributed by atoms with E-state index in [-0.39, 0.29) is 36.1 Å². The third-order valence-electron chi connectivity index (χ3n) is 5.58. The van der Waals surface area contributed by atoms with Gasteiger partial charge in [-0.1, -0.05) is 63.3 Å². The van der Waals surface area contributed by atoms with Crippen LogP contribution in [0.15, 0.2) is 24.3 Å². The number of carbonyl (C=O) groups is 2. The number of rotatable bonds is 15. The first-order valence-electron chi connectivity index (χ1n) is 11.8. The molecule has 0 heterocycles. The molecule has 1 rings (SSSR count). The fraction of sp³-hybridized carbons (Fsp3) is 0.760. The first-order valence-corrected chi connectivity index (χ1v) is 11.8. The molecule has 1 saturated carbocycles. The Labute approximate surface area is 182 Å². The zero-order valence-corrected chi connectivity index (χ0v) is 19.1. The summed E-state index contributed by atoms with van der Waals surface area (Å²) in [6.07, 6.45) is 15.4. The number of ether oxygens (including phenoxy) is 1. The van der Waals surface area contributed by atoms with Crippen LogP contribution >= 0.6 is 0 Å². The van der Waals surface area contributed by atoms with E-state index in [0.717, 1.165) is 25.7 Å². The molecule has 5 nitrogen and oxygen atoms in total. The zero-order chi connectivity index (χ0) is 22.4. The molecule has 0 aromatic carbocycles. The Hall–Kier alpha value is -1.46. The molecule has 5 heteroatoms. The van der Waals surface area contributed by atoms with Crippen LogP contribution in [-0.4, -0.2) is 40.3 Å². The molecule has 0 saturated heterocycles. The van der Waals surface area contributed by atoms with E-state index in [4.69, 9.17) is 4.74 Å². The lowest BCUT2D eigenvalue weighted by atomic mass is 9.90. The van der Waals surface area contributed by atoms with Crippen LogP contribution in [0, 0.1) is 11.8 Å². The number of Topliss-reactive ketones (excluding diaryl/α,β-unsaturated/α-hetero) is 1. The van der Waals surface area contributed by atoms with Gasteiger partial charge in [0.25, 0.3) is 0 Å². The van der Waals surface area contributed by atoms with Crippen LogP contribution in [0.4, 0.5) is 0 Å². The molecule has 4 unspecified atom stereocenters. The Morgan fingerprint density at radius 3 is 2.60 bits per heavy atom. The van der Waals surface area contributed by atoms with Crippen molar-refractivity contribution >= 4 is 11.8 Å². The van der Waals surface area contributed by atoms with Crippen LogP contribution < -0.4 is 0 Å². The summed E-state index contributed by atoms with van der Waals surface area (Å²) in [6, 6.07) is 0. The second kappa shape index (κ2) is 15.4. The normalized spacial score (nSPS) is 23.1. The molecule has 0 spiro atoms. The number of aliphatic hydroxyl groups is 2. The molecule has 2 N–H and O–H groups in total. The minimum Gasteiger partial charge on any atom is -0.463 e. The Morgan fingerprint density at radius 2 is 1.90 bits per heavy atom. The van der Waals surface area contributed by atoms with E-state index in [0.29, 0.717) is 19.3 Å². The third-order valence-corrected chi connectivity index (χ3v) is 5.58. The monoisotopic (exact) mass is 422 g/mol. The largest absolute Gasteiger partial charge is 0.463 e. The minimum atomic E-state index is -0.635. The summed E-state index contributed by atoms with van der Waals surface area (Å²) in [5, 5.41) is 20.4. The SMILES string of the molecule is CCCCCCCC(O)/C=C/C1C(=O)CC(O)C1C/C=C/CCCC(=O)OC(C)C. The van der Waals surface area contributed by atoms with Gasteiger partial charge >= 0.3 is 5.97 Å². The van der Waals surface area contributed by atoms with Gasteiger partial charge in [-0.15, -0.1) is 0 Å². The van der Waals surface area contributed by atoms with Crippen molar-refractivity contribution in [1.29, 1.82) is 0 Å². The van der Waals surface area contributed by atoms with E-state index in [2.05, 4.69) is 6.92 Å². The van der Waals surface area contributed by atoms with Crippen molar-refractivity contribution in [1.82, 2.24) is 0 Å². The van der Waals surface area contributed by atoms with Gasteiger partial charge in [0.05, 0.1) is 18.3 Å². The lowest BCUT2D eigenvalue weighted by Crippen LogP contribution is -2.19. The number of hydrogen-bond donors (Lipinski definition) is 2. The molecule has 1 fully saturated rings. The average molecular weight is 423 g/mol. The number of aliphatic hydroxyl groups excluding tert-OH is 2. The van der Waals surface area contributed by atoms with Crippen LogP contribution in [0.1, 0.15) is 91.4 Å². The molecule has 1 aliphatic carbocycles. The number of carbonyl (C=O) groups excluding carboxylic acids is 2. The summed E-state index contributed by atoms with van der Waals surface area (Å²) >= 11 is 0. The molecule has 0 aromatic heterocycles. The van der Waals surface area contributed by atoms with Crippen molar-refractivity contribution in [2.45, 2.75) is 110 Å². The first-order chi connectivity index (χ1) is 14.3. The number of allylic oxidation sites excluding steroid dienone is 3. The molecule has 30 heavy (non-hydrogen) atoms. The smallest absolute Gasteiger partial charge is 0.306 e. The van der Waals surface area contributed by atoms with Crippen molar-refractivity contribution in [2.24, 2.45) is 11.8 Å². The number of ketones is 1. The van der Waals surface area contributed by atoms with Crippen LogP contribution in [0.2, 0.25) is 0 Å². The second-order valence-electron chi connectivity index (χ2n) is 8.72. The van der Waals surface area contributed by atoms with E-state index in [1.807, 2.05) is 26.0 Å². The highest BCUT2D eigenvalue weighted by Crippen LogP contribution is 2.33. The minimum absolute atomic E-state index is 0.0451. The molecular weight excluding hydrogens is 380 g/mol. The van der Waals surface area contributed by atoms with Gasteiger partial charge < -0.3 is 14.9 Å². The van der Waals surface area contributed by atoms with Gasteiger partial charge in [-0.2, -0.15) is 0 Å². The topological polar surface area (TPSA) is 83.8 Å². The molecule has 0 aliphatic heterocycles. The maximum Gasteiger partial charge on any atom is 0.306 e. The highest BCUT2D eigenvalue weighted by Gasteiger charge is 2.39. The summed E-state index contributed by atoms with van der Waals surface area (Å²) in [5.74, 6) is -0.610. The fourth-order valence-electron chi connectivity index (χ4n) is 3.88. The molecular formula is C25H42O5. The lowest BCUT2D eigenvalue weighted by Gasteiger charge is -2.17. The molecule has 0 bridgehead atoms. The van der Waals surface area contributed by atoms with Crippen LogP contribution in [0.5, 0.6) is 0 Å². The third kappa shape index (κ3) is 11.1. The Balaban J connectivity index is 2.38. The van der Waals surface area contributed by atoms with Crippen LogP contribution in [0.25, 0.3) is 0 Å². The molecule has 0 amide bonds. The van der Waals surface area contributed by atoms with Gasteiger partial charge in [0, 0.05) is 24.7 Å². The van der Waals surface area contributed by atoms with Gasteiger partial charge in [0.2, 0.25) is 0 Å². The fourth-order valence-corrected chi connectivity index (χ4v) is 3.88. The summed E-state index contributed by atoms with van der Waals surface area (Å²) in [6.45, 7) is 5.85. The summed E-state index contributed by atoms with van der Waals surface area (Å²) in [5.41, 5.74) is 0. The standard InChI is InChI=1S/C25H42O5/c1-4-5-6-7-10-13-20(26)16-17-22-21(23(27)18-24(22)28)14-11-8-9-12-15-25(29)30-19(2)3/h8,11,16-17,19-23,26-27H,4-7,9-10,12-15,18H2,1-3H3/b11-8+,17-16+. The summed E-state index contributed by atoms with van der Waals surface area (Å²) < 4.78 is 5.10. The van der Waals surface area contributed by atoms with E-state index in [1.165, 1.54) is 19.3 Å². The highest BCUT2D eigenvalue weighted by molar-refractivity contribution is 5.86. The Bertz CT molecular complexity index is 552. The molecule has 4 atom stereocenters. The number of unbranched alkanes of at least 4 members (excludes halogenated alkanes) is 5. The van der Waals surface area contributed by atoms with E-state index >= 15 is 0 Å². The number of hydrogen-bond acceptors (Lipinski definition) is 5. The Kier molecular flexibility index (Phi) is 13.6. The summed E-state index contributed by atoms with van der Waals surface area (Å²) in [4.78, 5) is 23.8.